The van der Waals surface area contributed by atoms with Crippen molar-refractivity contribution in [2.75, 3.05) is 13.2 Å². The van der Waals surface area contributed by atoms with Gasteiger partial charge in [0, 0.05) is 0 Å². The van der Waals surface area contributed by atoms with Crippen LogP contribution in [0.2, 0.25) is 0 Å². The average molecular weight is 184 g/mol. The second kappa shape index (κ2) is 3.79. The Labute approximate surface area is 75.8 Å². The molecule has 0 aromatic carbocycles. The van der Waals surface area contributed by atoms with Gasteiger partial charge in [-0.25, -0.2) is 0 Å². The van der Waals surface area contributed by atoms with E-state index in [1.165, 1.54) is 0 Å². The monoisotopic (exact) mass is 184 g/mol. The normalized spacial score (nSPS) is 15.6. The summed E-state index contributed by atoms with van der Waals surface area (Å²) in [6.07, 6.45) is 0.583. The van der Waals surface area contributed by atoms with Gasteiger partial charge in [0.15, 0.2) is 0 Å². The van der Waals surface area contributed by atoms with Crippen LogP contribution in [-0.4, -0.2) is 30.4 Å². The number of rotatable bonds is 4. The Balaban J connectivity index is 2.62. The van der Waals surface area contributed by atoms with Crippen LogP contribution in [0.25, 0.3) is 0 Å². The van der Waals surface area contributed by atoms with E-state index in [9.17, 15) is 9.59 Å². The smallest absolute Gasteiger partial charge is 0.237 e. The van der Waals surface area contributed by atoms with Crippen molar-refractivity contribution in [3.8, 4) is 0 Å². The molecule has 0 unspecified atom stereocenters. The Hall–Kier alpha value is -1.72. The Morgan fingerprint density at radius 1 is 1.85 bits per heavy atom. The summed E-state index contributed by atoms with van der Waals surface area (Å²) in [6.45, 7) is 2.45. The third kappa shape index (κ3) is 2.11. The van der Waals surface area contributed by atoms with E-state index in [1.54, 1.807) is 11.8 Å². The molecule has 0 bridgehead atoms. The first-order chi connectivity index (χ1) is 6.15. The molecule has 2 amide bonds. The minimum absolute atomic E-state index is 0.156. The number of nitrogens with one attached hydrogen (secondary N) is 2. The van der Waals surface area contributed by atoms with Crippen LogP contribution < -0.4 is 16.4 Å². The molecule has 1 heterocycles. The molecule has 6 heteroatoms. The molecule has 0 aromatic heterocycles. The maximum Gasteiger partial charge on any atom is 0.237 e. The van der Waals surface area contributed by atoms with Crippen molar-refractivity contribution < 1.29 is 9.59 Å². The van der Waals surface area contributed by atoms with E-state index in [0.717, 1.165) is 5.70 Å². The number of carbonyl (C=O) groups excluding carboxylic acids is 2. The molecule has 4 N–H and O–H groups in total. The average Bonchev–Trinajstić information content (AvgIpc) is 2.36. The van der Waals surface area contributed by atoms with Crippen molar-refractivity contribution in [1.82, 2.24) is 15.5 Å². The van der Waals surface area contributed by atoms with Crippen LogP contribution in [0.1, 0.15) is 6.92 Å². The maximum atomic E-state index is 10.6. The largest absolute Gasteiger partial charge is 0.368 e. The number of carbonyl (C=O) groups is 2. The van der Waals surface area contributed by atoms with Gasteiger partial charge in [-0.05, 0) is 6.92 Å². The summed E-state index contributed by atoms with van der Waals surface area (Å²) in [4.78, 5) is 22.5. The molecule has 0 radical (unpaired) electrons. The topological polar surface area (TPSA) is 87.5 Å². The SMILES string of the molecule is CC1=C(NC=O)NCN1CC(N)=O. The lowest BCUT2D eigenvalue weighted by Gasteiger charge is -2.15. The Morgan fingerprint density at radius 2 is 2.54 bits per heavy atom. The standard InChI is InChI=1S/C7H12N4O2/c1-5-7(10-4-12)9-3-11(5)2-6(8)13/h4,9H,2-3H2,1H3,(H2,8,13)(H,10,12). The van der Waals surface area contributed by atoms with Gasteiger partial charge in [-0.2, -0.15) is 0 Å². The fourth-order valence-corrected chi connectivity index (χ4v) is 1.16. The first kappa shape index (κ1) is 9.37. The number of hydrogen-bond acceptors (Lipinski definition) is 4. The van der Waals surface area contributed by atoms with Crippen LogP contribution in [0, 0.1) is 0 Å². The summed E-state index contributed by atoms with van der Waals surface area (Å²) in [5.41, 5.74) is 5.84. The van der Waals surface area contributed by atoms with Crippen molar-refractivity contribution in [2.24, 2.45) is 5.73 Å². The molecule has 0 aromatic rings. The summed E-state index contributed by atoms with van der Waals surface area (Å²) in [7, 11) is 0. The lowest BCUT2D eigenvalue weighted by atomic mass is 10.4. The second-order valence-corrected chi connectivity index (χ2v) is 2.72. The zero-order valence-electron chi connectivity index (χ0n) is 7.33. The molecule has 0 atom stereocenters. The summed E-state index contributed by atoms with van der Waals surface area (Å²) >= 11 is 0. The fraction of sp³-hybridized carbons (Fsp3) is 0.429. The third-order valence-electron chi connectivity index (χ3n) is 1.83. The molecule has 0 saturated carbocycles. The van der Waals surface area contributed by atoms with Gasteiger partial charge in [-0.15, -0.1) is 0 Å². The van der Waals surface area contributed by atoms with Crippen LogP contribution in [-0.2, 0) is 9.59 Å². The molecule has 0 fully saturated rings. The molecule has 1 aliphatic heterocycles. The second-order valence-electron chi connectivity index (χ2n) is 2.72. The number of primary amides is 1. The Morgan fingerprint density at radius 3 is 3.08 bits per heavy atom. The fourth-order valence-electron chi connectivity index (χ4n) is 1.16. The van der Waals surface area contributed by atoms with E-state index in [-0.39, 0.29) is 6.54 Å². The number of hydrogen-bond donors (Lipinski definition) is 3. The quantitative estimate of drug-likeness (QED) is 0.453. The highest BCUT2D eigenvalue weighted by Crippen LogP contribution is 2.10. The van der Waals surface area contributed by atoms with E-state index >= 15 is 0 Å². The van der Waals surface area contributed by atoms with E-state index in [0.29, 0.717) is 18.9 Å². The van der Waals surface area contributed by atoms with Crippen molar-refractivity contribution in [3.05, 3.63) is 11.5 Å². The van der Waals surface area contributed by atoms with Crippen LogP contribution in [0.3, 0.4) is 0 Å². The van der Waals surface area contributed by atoms with Crippen molar-refractivity contribution in [2.45, 2.75) is 6.92 Å². The number of amides is 2. The van der Waals surface area contributed by atoms with Crippen molar-refractivity contribution in [3.63, 3.8) is 0 Å². The van der Waals surface area contributed by atoms with Crippen molar-refractivity contribution in [1.29, 1.82) is 0 Å². The van der Waals surface area contributed by atoms with Gasteiger partial charge < -0.3 is 21.3 Å². The molecular formula is C7H12N4O2. The van der Waals surface area contributed by atoms with Gasteiger partial charge in [0.1, 0.15) is 5.82 Å². The van der Waals surface area contributed by atoms with Crippen LogP contribution in [0.15, 0.2) is 11.5 Å². The minimum Gasteiger partial charge on any atom is -0.368 e. The summed E-state index contributed by atoms with van der Waals surface area (Å²) < 4.78 is 0. The Kier molecular flexibility index (Phi) is 2.73. The first-order valence-electron chi connectivity index (χ1n) is 3.83. The molecular weight excluding hydrogens is 172 g/mol. The lowest BCUT2D eigenvalue weighted by molar-refractivity contribution is -0.118. The maximum absolute atomic E-state index is 10.6. The number of nitrogens with two attached hydrogens (primary N) is 1. The minimum atomic E-state index is -0.395. The molecule has 1 aliphatic rings. The van der Waals surface area contributed by atoms with Gasteiger partial charge in [0.05, 0.1) is 18.9 Å². The Bertz CT molecular complexity index is 261. The number of allylic oxidation sites excluding steroid dienone is 1. The van der Waals surface area contributed by atoms with E-state index in [4.69, 9.17) is 5.73 Å². The van der Waals surface area contributed by atoms with Gasteiger partial charge in [-0.1, -0.05) is 0 Å². The van der Waals surface area contributed by atoms with Gasteiger partial charge in [-0.3, -0.25) is 9.59 Å². The van der Waals surface area contributed by atoms with Gasteiger partial charge in [0.2, 0.25) is 12.3 Å². The van der Waals surface area contributed by atoms with E-state index < -0.39 is 5.91 Å². The highest BCUT2D eigenvalue weighted by Gasteiger charge is 2.18. The molecule has 6 nitrogen and oxygen atoms in total. The van der Waals surface area contributed by atoms with E-state index in [1.807, 2.05) is 0 Å². The highest BCUT2D eigenvalue weighted by atomic mass is 16.1. The summed E-state index contributed by atoms with van der Waals surface area (Å²) in [5.74, 6) is 0.227. The third-order valence-corrected chi connectivity index (χ3v) is 1.83. The first-order valence-corrected chi connectivity index (χ1v) is 3.83. The lowest BCUT2D eigenvalue weighted by Crippen LogP contribution is -2.33. The molecule has 0 spiro atoms. The van der Waals surface area contributed by atoms with Crippen molar-refractivity contribution >= 4 is 12.3 Å². The molecule has 13 heavy (non-hydrogen) atoms. The molecule has 0 aliphatic carbocycles. The van der Waals surface area contributed by atoms with Gasteiger partial charge in [0.25, 0.3) is 0 Å². The highest BCUT2D eigenvalue weighted by molar-refractivity contribution is 5.76. The molecule has 72 valence electrons. The van der Waals surface area contributed by atoms with Gasteiger partial charge >= 0.3 is 0 Å². The van der Waals surface area contributed by atoms with Crippen LogP contribution >= 0.6 is 0 Å². The zero-order chi connectivity index (χ0) is 9.84. The molecule has 0 saturated heterocycles. The predicted molar refractivity (Wildman–Crippen MR) is 45.8 cm³/mol. The van der Waals surface area contributed by atoms with Crippen LogP contribution in [0.5, 0.6) is 0 Å². The number of nitrogens with zero attached hydrogens (tertiary/aromatic N) is 1. The predicted octanol–water partition coefficient (Wildman–Crippen LogP) is -1.73. The van der Waals surface area contributed by atoms with E-state index in [2.05, 4.69) is 10.6 Å². The van der Waals surface area contributed by atoms with Crippen LogP contribution in [0.4, 0.5) is 0 Å². The molecule has 1 rings (SSSR count). The summed E-state index contributed by atoms with van der Waals surface area (Å²) in [5, 5.41) is 5.41. The zero-order valence-corrected chi connectivity index (χ0v) is 7.33. The summed E-state index contributed by atoms with van der Waals surface area (Å²) in [6, 6.07) is 0.